The van der Waals surface area contributed by atoms with E-state index in [2.05, 4.69) is 36.9 Å². The maximum absolute atomic E-state index is 14.3. The monoisotopic (exact) mass is 539 g/mol. The number of fused-ring (bicyclic) bond motifs is 1. The maximum atomic E-state index is 14.3. The van der Waals surface area contributed by atoms with Crippen molar-refractivity contribution >= 4 is 22.8 Å². The van der Waals surface area contributed by atoms with E-state index in [1.165, 1.54) is 26.2 Å². The van der Waals surface area contributed by atoms with Crippen molar-refractivity contribution in [2.75, 3.05) is 11.9 Å². The fourth-order valence-corrected chi connectivity index (χ4v) is 3.99. The third-order valence-electron chi connectivity index (χ3n) is 6.27. The Kier molecular flexibility index (Phi) is 6.98. The SMILES string of the molecule is Cn1cnc(-c2ccc(Nc3cc(-c4ccc5cc(C#N)cnn45)ncc3C(=O)NCC(F)C(C)(C)O)cc2)n1. The number of aliphatic hydroxyl groups is 1. The standard InChI is InChI=1S/C28H26FN9O2/c1-28(2,40)25(29)15-32-27(39)21-14-31-23(24-9-8-20-10-17(12-30)13-34-38(20)24)11-22(21)35-19-6-4-18(5-7-19)26-33-16-37(3)36-26/h4-11,13-14,16,25,40H,15H2,1-3H3,(H,31,35)(H,32,39). The number of anilines is 2. The minimum absolute atomic E-state index is 0.183. The van der Waals surface area contributed by atoms with Crippen LogP contribution in [0.3, 0.4) is 0 Å². The van der Waals surface area contributed by atoms with E-state index in [1.807, 2.05) is 36.4 Å². The predicted octanol–water partition coefficient (Wildman–Crippen LogP) is 3.65. The second-order valence-corrected chi connectivity index (χ2v) is 9.80. The Balaban J connectivity index is 1.49. The Hall–Kier alpha value is -5.15. The van der Waals surface area contributed by atoms with Crippen LogP contribution in [0.1, 0.15) is 29.8 Å². The number of rotatable bonds is 8. The Morgan fingerprint density at radius 2 is 1.93 bits per heavy atom. The summed E-state index contributed by atoms with van der Waals surface area (Å²) in [6, 6.07) is 16.5. The number of nitrogens with zero attached hydrogens (tertiary/aromatic N) is 7. The first-order valence-corrected chi connectivity index (χ1v) is 12.4. The van der Waals surface area contributed by atoms with E-state index in [0.29, 0.717) is 39.7 Å². The molecule has 0 fully saturated rings. The normalized spacial score (nSPS) is 12.2. The highest BCUT2D eigenvalue weighted by Gasteiger charge is 2.27. The van der Waals surface area contributed by atoms with Crippen molar-refractivity contribution in [1.82, 2.24) is 34.7 Å². The van der Waals surface area contributed by atoms with Crippen LogP contribution in [0.5, 0.6) is 0 Å². The summed E-state index contributed by atoms with van der Waals surface area (Å²) in [6.45, 7) is 2.31. The molecule has 4 heterocycles. The van der Waals surface area contributed by atoms with E-state index in [1.54, 1.807) is 34.7 Å². The van der Waals surface area contributed by atoms with E-state index < -0.39 is 17.7 Å². The number of carbonyl (C=O) groups excluding carboxylic acids is 1. The van der Waals surface area contributed by atoms with Crippen LogP contribution in [0.4, 0.5) is 15.8 Å². The molecule has 11 nitrogen and oxygen atoms in total. The predicted molar refractivity (Wildman–Crippen MR) is 146 cm³/mol. The zero-order chi connectivity index (χ0) is 28.4. The fourth-order valence-electron chi connectivity index (χ4n) is 3.99. The van der Waals surface area contributed by atoms with Gasteiger partial charge in [-0.1, -0.05) is 0 Å². The molecule has 0 saturated heterocycles. The molecule has 4 aromatic heterocycles. The first kappa shape index (κ1) is 26.5. The number of amides is 1. The van der Waals surface area contributed by atoms with Crippen LogP contribution < -0.4 is 10.6 Å². The van der Waals surface area contributed by atoms with E-state index in [0.717, 1.165) is 5.56 Å². The highest BCUT2D eigenvalue weighted by molar-refractivity contribution is 6.00. The second kappa shape index (κ2) is 10.5. The first-order valence-electron chi connectivity index (χ1n) is 12.4. The summed E-state index contributed by atoms with van der Waals surface area (Å²) in [6.07, 6.45) is 2.82. The van der Waals surface area contributed by atoms with Crippen LogP contribution in [-0.4, -0.2) is 58.7 Å². The summed E-state index contributed by atoms with van der Waals surface area (Å²) in [5.74, 6) is 0.0274. The molecule has 3 N–H and O–H groups in total. The van der Waals surface area contributed by atoms with Crippen molar-refractivity contribution in [2.45, 2.75) is 25.6 Å². The van der Waals surface area contributed by atoms with Crippen LogP contribution >= 0.6 is 0 Å². The minimum Gasteiger partial charge on any atom is -0.387 e. The maximum Gasteiger partial charge on any atom is 0.255 e. The number of hydrogen-bond acceptors (Lipinski definition) is 8. The number of aryl methyl sites for hydroxylation is 1. The van der Waals surface area contributed by atoms with Crippen molar-refractivity contribution in [3.8, 4) is 28.8 Å². The number of alkyl halides is 1. The van der Waals surface area contributed by atoms with Gasteiger partial charge in [-0.2, -0.15) is 15.5 Å². The van der Waals surface area contributed by atoms with Gasteiger partial charge in [-0.25, -0.2) is 13.9 Å². The van der Waals surface area contributed by atoms with Crippen LogP contribution in [0.15, 0.2) is 67.3 Å². The first-order chi connectivity index (χ1) is 19.1. The zero-order valence-corrected chi connectivity index (χ0v) is 22.0. The highest BCUT2D eigenvalue weighted by Crippen LogP contribution is 2.28. The van der Waals surface area contributed by atoms with Gasteiger partial charge in [0, 0.05) is 24.5 Å². The van der Waals surface area contributed by atoms with Crippen molar-refractivity contribution in [3.05, 3.63) is 78.4 Å². The lowest BCUT2D eigenvalue weighted by Crippen LogP contribution is -2.42. The fraction of sp³-hybridized carbons (Fsp3) is 0.214. The third-order valence-corrected chi connectivity index (χ3v) is 6.27. The molecule has 0 aliphatic heterocycles. The molecule has 1 amide bonds. The van der Waals surface area contributed by atoms with E-state index in [9.17, 15) is 19.6 Å². The van der Waals surface area contributed by atoms with E-state index in [4.69, 9.17) is 0 Å². The molecule has 1 atom stereocenters. The lowest BCUT2D eigenvalue weighted by Gasteiger charge is -2.22. The second-order valence-electron chi connectivity index (χ2n) is 9.80. The number of aromatic nitrogens is 6. The number of nitrogens with one attached hydrogen (secondary N) is 2. The molecule has 0 aliphatic rings. The highest BCUT2D eigenvalue weighted by atomic mass is 19.1. The van der Waals surface area contributed by atoms with Crippen molar-refractivity contribution in [2.24, 2.45) is 7.05 Å². The van der Waals surface area contributed by atoms with E-state index in [-0.39, 0.29) is 12.1 Å². The molecule has 40 heavy (non-hydrogen) atoms. The van der Waals surface area contributed by atoms with Crippen molar-refractivity contribution in [1.29, 1.82) is 5.26 Å². The van der Waals surface area contributed by atoms with Gasteiger partial charge < -0.3 is 15.7 Å². The van der Waals surface area contributed by atoms with Gasteiger partial charge in [0.2, 0.25) is 0 Å². The molecule has 5 rings (SSSR count). The molecule has 0 radical (unpaired) electrons. The van der Waals surface area contributed by atoms with Gasteiger partial charge in [-0.3, -0.25) is 14.5 Å². The van der Waals surface area contributed by atoms with Crippen LogP contribution in [0.2, 0.25) is 0 Å². The average Bonchev–Trinajstić information content (AvgIpc) is 3.57. The quantitative estimate of drug-likeness (QED) is 0.271. The molecule has 0 bridgehead atoms. The van der Waals surface area contributed by atoms with Gasteiger partial charge in [0.05, 0.1) is 52.1 Å². The van der Waals surface area contributed by atoms with Gasteiger partial charge in [0.25, 0.3) is 5.91 Å². The summed E-state index contributed by atoms with van der Waals surface area (Å²) in [5.41, 5.74) is 2.83. The van der Waals surface area contributed by atoms with Crippen LogP contribution in [0.25, 0.3) is 28.3 Å². The Morgan fingerprint density at radius 1 is 1.15 bits per heavy atom. The van der Waals surface area contributed by atoms with Gasteiger partial charge in [0.15, 0.2) is 5.82 Å². The summed E-state index contributed by atoms with van der Waals surface area (Å²) in [7, 11) is 1.79. The molecule has 1 aromatic carbocycles. The molecule has 5 aromatic rings. The van der Waals surface area contributed by atoms with Gasteiger partial charge in [0.1, 0.15) is 18.6 Å². The number of nitriles is 1. The summed E-state index contributed by atoms with van der Waals surface area (Å²) in [4.78, 5) is 21.8. The summed E-state index contributed by atoms with van der Waals surface area (Å²) >= 11 is 0. The lowest BCUT2D eigenvalue weighted by atomic mass is 10.0. The van der Waals surface area contributed by atoms with Gasteiger partial charge in [-0.15, -0.1) is 0 Å². The van der Waals surface area contributed by atoms with Crippen LogP contribution in [0, 0.1) is 11.3 Å². The molecular weight excluding hydrogens is 513 g/mol. The number of halogens is 1. The third kappa shape index (κ3) is 5.50. The molecular formula is C28H26FN9O2. The number of pyridine rings is 1. The Labute approximate surface area is 228 Å². The summed E-state index contributed by atoms with van der Waals surface area (Å²) < 4.78 is 17.6. The van der Waals surface area contributed by atoms with Crippen molar-refractivity contribution < 1.29 is 14.3 Å². The summed E-state index contributed by atoms with van der Waals surface area (Å²) in [5, 5.41) is 33.5. The van der Waals surface area contributed by atoms with Crippen LogP contribution in [-0.2, 0) is 7.05 Å². The number of benzene rings is 1. The topological polar surface area (TPSA) is 146 Å². The lowest BCUT2D eigenvalue weighted by molar-refractivity contribution is -0.00177. The van der Waals surface area contributed by atoms with E-state index >= 15 is 0 Å². The molecule has 1 unspecified atom stereocenters. The minimum atomic E-state index is -1.66. The molecule has 0 spiro atoms. The molecule has 0 aliphatic carbocycles. The smallest absolute Gasteiger partial charge is 0.255 e. The van der Waals surface area contributed by atoms with Crippen molar-refractivity contribution in [3.63, 3.8) is 0 Å². The number of hydrogen-bond donors (Lipinski definition) is 3. The average molecular weight is 540 g/mol. The molecule has 0 saturated carbocycles. The van der Waals surface area contributed by atoms with Gasteiger partial charge >= 0.3 is 0 Å². The largest absolute Gasteiger partial charge is 0.387 e. The molecule has 202 valence electrons. The Morgan fingerprint density at radius 3 is 2.60 bits per heavy atom. The van der Waals surface area contributed by atoms with Gasteiger partial charge in [-0.05, 0) is 62.4 Å². The Bertz CT molecular complexity index is 1730. The molecule has 12 heteroatoms. The number of carbonyl (C=O) groups is 1. The zero-order valence-electron chi connectivity index (χ0n) is 22.0.